The van der Waals surface area contributed by atoms with E-state index in [-0.39, 0.29) is 32.5 Å². The zero-order valence-corrected chi connectivity index (χ0v) is 50.3. The van der Waals surface area contributed by atoms with Crippen LogP contribution in [0.4, 0.5) is 0 Å². The first-order valence-corrected chi connectivity index (χ1v) is 28.7. The van der Waals surface area contributed by atoms with Gasteiger partial charge in [0.2, 0.25) is 0 Å². The summed E-state index contributed by atoms with van der Waals surface area (Å²) in [5.41, 5.74) is 9.42. The Morgan fingerprint density at radius 2 is 0.462 bits per heavy atom. The van der Waals surface area contributed by atoms with Crippen molar-refractivity contribution in [3.8, 4) is 0 Å². The molecule has 0 bridgehead atoms. The van der Waals surface area contributed by atoms with Gasteiger partial charge in [0.25, 0.3) is 0 Å². The van der Waals surface area contributed by atoms with Crippen LogP contribution in [-0.2, 0) is 32.5 Å². The molecule has 0 heterocycles. The highest BCUT2D eigenvalue weighted by molar-refractivity contribution is 6.27. The Bertz CT molecular complexity index is 4040. The van der Waals surface area contributed by atoms with Gasteiger partial charge in [0.05, 0.1) is 0 Å². The molecule has 0 aliphatic heterocycles. The highest BCUT2D eigenvalue weighted by Crippen LogP contribution is 2.48. The summed E-state index contributed by atoms with van der Waals surface area (Å²) >= 11 is 0. The van der Waals surface area contributed by atoms with Gasteiger partial charge in [0, 0.05) is 0 Å². The van der Waals surface area contributed by atoms with Crippen LogP contribution in [0.25, 0.3) is 97.0 Å². The molecule has 12 rings (SSSR count). The number of rotatable bonds is 0. The molecule has 0 aliphatic carbocycles. The molecule has 12 aromatic rings. The van der Waals surface area contributed by atoms with Crippen molar-refractivity contribution in [2.75, 3.05) is 0 Å². The van der Waals surface area contributed by atoms with E-state index in [4.69, 9.17) is 0 Å². The van der Waals surface area contributed by atoms with Crippen LogP contribution in [0.2, 0.25) is 0 Å². The minimum atomic E-state index is 0.0767. The summed E-state index contributed by atoms with van der Waals surface area (Å²) in [6.07, 6.45) is 0. The van der Waals surface area contributed by atoms with Crippen LogP contribution in [0.1, 0.15) is 158 Å². The maximum Gasteiger partial charge on any atom is -0.00236 e. The molecule has 0 saturated carbocycles. The van der Waals surface area contributed by atoms with Crippen molar-refractivity contribution in [1.29, 1.82) is 0 Å². The first kappa shape index (κ1) is 54.3. The number of benzene rings is 12. The second kappa shape index (κ2) is 19.4. The highest BCUT2D eigenvalue weighted by Gasteiger charge is 2.32. The van der Waals surface area contributed by atoms with E-state index >= 15 is 0 Å². The third kappa shape index (κ3) is 9.73. The number of hydrogen-bond acceptors (Lipinski definition) is 0. The van der Waals surface area contributed by atoms with Crippen LogP contribution in [0, 0.1) is 0 Å². The number of hydrogen-bond donors (Lipinski definition) is 0. The number of fused-ring (bicyclic) bond motifs is 17. The van der Waals surface area contributed by atoms with Crippen LogP contribution < -0.4 is 0 Å². The van der Waals surface area contributed by atoms with Gasteiger partial charge in [-0.15, -0.1) is 0 Å². The van der Waals surface area contributed by atoms with Gasteiger partial charge in [-0.1, -0.05) is 294 Å². The van der Waals surface area contributed by atoms with Gasteiger partial charge in [0.15, 0.2) is 0 Å². The molecule has 0 fully saturated rings. The van der Waals surface area contributed by atoms with Gasteiger partial charge in [-0.25, -0.2) is 0 Å². The Morgan fingerprint density at radius 3 is 0.846 bits per heavy atom. The Labute approximate surface area is 466 Å². The lowest BCUT2D eigenvalue weighted by molar-refractivity contribution is 0.531. The summed E-state index contributed by atoms with van der Waals surface area (Å²) < 4.78 is 0. The third-order valence-corrected chi connectivity index (χ3v) is 16.4. The normalized spacial score (nSPS) is 13.0. The zero-order valence-electron chi connectivity index (χ0n) is 50.3. The fourth-order valence-electron chi connectivity index (χ4n) is 13.1. The Balaban J connectivity index is 0.000000132. The Morgan fingerprint density at radius 1 is 0.179 bits per heavy atom. The van der Waals surface area contributed by atoms with Crippen LogP contribution in [0.3, 0.4) is 0 Å². The summed E-state index contributed by atoms with van der Waals surface area (Å²) in [7, 11) is 0. The fraction of sp³-hybridized carbons (Fsp3) is 0.308. The molecule has 0 aliphatic rings. The monoisotopic (exact) mass is 1020 g/mol. The largest absolute Gasteiger partial charge is 0.0616 e. The first-order valence-electron chi connectivity index (χ1n) is 28.7. The van der Waals surface area contributed by atoms with E-state index in [2.05, 4.69) is 307 Å². The molecule has 0 radical (unpaired) electrons. The van der Waals surface area contributed by atoms with Gasteiger partial charge < -0.3 is 0 Å². The molecule has 0 atom stereocenters. The molecular weight excluding hydrogens is 937 g/mol. The van der Waals surface area contributed by atoms with Gasteiger partial charge in [-0.3, -0.25) is 0 Å². The van der Waals surface area contributed by atoms with E-state index in [9.17, 15) is 0 Å². The molecule has 0 spiro atoms. The van der Waals surface area contributed by atoms with Crippen molar-refractivity contribution in [2.45, 2.75) is 157 Å². The lowest BCUT2D eigenvalue weighted by atomic mass is 9.70. The van der Waals surface area contributed by atoms with Crippen molar-refractivity contribution >= 4 is 97.0 Å². The summed E-state index contributed by atoms with van der Waals surface area (Å²) in [4.78, 5) is 0. The summed E-state index contributed by atoms with van der Waals surface area (Å²) in [6, 6.07) is 67.4. The minimum Gasteiger partial charge on any atom is -0.0616 e. The molecule has 12 aromatic carbocycles. The summed E-state index contributed by atoms with van der Waals surface area (Å²) in [5, 5.41) is 24.6. The molecule has 0 N–H and O–H groups in total. The van der Waals surface area contributed by atoms with Gasteiger partial charge >= 0.3 is 0 Å². The van der Waals surface area contributed by atoms with E-state index in [0.29, 0.717) is 0 Å². The van der Waals surface area contributed by atoms with Crippen molar-refractivity contribution in [2.24, 2.45) is 0 Å². The van der Waals surface area contributed by atoms with E-state index in [0.717, 1.165) is 0 Å². The van der Waals surface area contributed by atoms with E-state index < -0.39 is 0 Å². The molecule has 0 heteroatoms. The average molecular weight is 1020 g/mol. The molecular formula is C78H84. The van der Waals surface area contributed by atoms with Crippen LogP contribution >= 0.6 is 0 Å². The van der Waals surface area contributed by atoms with Crippen LogP contribution in [0.15, 0.2) is 182 Å². The van der Waals surface area contributed by atoms with Gasteiger partial charge in [0.1, 0.15) is 0 Å². The minimum absolute atomic E-state index is 0.0767. The van der Waals surface area contributed by atoms with Crippen LogP contribution in [0.5, 0.6) is 0 Å². The second-order valence-electron chi connectivity index (χ2n) is 28.5. The maximum atomic E-state index is 2.46. The van der Waals surface area contributed by atoms with Crippen molar-refractivity contribution in [3.63, 3.8) is 0 Å². The standard InChI is InChI=1S/3C26H28/c1-25(2,3)23-15-21-19-13-9-7-11-17(19)18-12-8-10-14-20(18)22(21)16-24(23)26(4,5)6;1-25(2,3)22-16-15-21-19-13-8-7-11-17(19)18-12-9-10-14-20(18)23(21)24(22)26(4,5)6;1-25(2,3)23-20-14-10-9-13-19(20)22-18-12-8-7-11-17(18)15-16-21(22)24(23)26(4,5)6/h3*7-16H,1-6H3. The molecule has 0 amide bonds. The quantitative estimate of drug-likeness (QED) is 0.133. The summed E-state index contributed by atoms with van der Waals surface area (Å²) in [5.74, 6) is 0. The second-order valence-corrected chi connectivity index (χ2v) is 28.5. The average Bonchev–Trinajstić information content (AvgIpc) is 3.59. The lowest BCUT2D eigenvalue weighted by Crippen LogP contribution is -2.23. The van der Waals surface area contributed by atoms with Crippen LogP contribution in [-0.4, -0.2) is 0 Å². The van der Waals surface area contributed by atoms with E-state index in [1.165, 1.54) is 130 Å². The molecule has 0 nitrogen and oxygen atoms in total. The Hall–Kier alpha value is -7.02. The van der Waals surface area contributed by atoms with Crippen molar-refractivity contribution in [1.82, 2.24) is 0 Å². The van der Waals surface area contributed by atoms with Crippen molar-refractivity contribution < 1.29 is 0 Å². The maximum absolute atomic E-state index is 2.46. The smallest absolute Gasteiger partial charge is 0.00236 e. The first-order chi connectivity index (χ1) is 36.6. The fourth-order valence-corrected chi connectivity index (χ4v) is 13.1. The van der Waals surface area contributed by atoms with E-state index in [1.807, 2.05) is 0 Å². The molecule has 396 valence electrons. The molecule has 78 heavy (non-hydrogen) atoms. The summed E-state index contributed by atoms with van der Waals surface area (Å²) in [6.45, 7) is 42.1. The predicted molar refractivity (Wildman–Crippen MR) is 349 cm³/mol. The van der Waals surface area contributed by atoms with Gasteiger partial charge in [-0.2, -0.15) is 0 Å². The highest BCUT2D eigenvalue weighted by atomic mass is 14.4. The third-order valence-electron chi connectivity index (χ3n) is 16.4. The lowest BCUT2D eigenvalue weighted by Gasteiger charge is -2.33. The SMILES string of the molecule is CC(C)(C)c1c(C(C)(C)C)c2ccc3ccccc3c2c2ccccc12.CC(C)(C)c1cc2c3ccccc3c3ccccc3c2cc1C(C)(C)C.CC(C)(C)c1ccc2c3ccccc3c3ccccc3c2c1C(C)(C)C. The van der Waals surface area contributed by atoms with Crippen molar-refractivity contribution in [3.05, 3.63) is 215 Å². The molecule has 0 aromatic heterocycles. The topological polar surface area (TPSA) is 0 Å². The van der Waals surface area contributed by atoms with Gasteiger partial charge in [-0.05, 0) is 175 Å². The zero-order chi connectivity index (χ0) is 56.1. The Kier molecular flexibility index (Phi) is 13.5. The van der Waals surface area contributed by atoms with E-state index in [1.54, 1.807) is 0 Å². The predicted octanol–water partition coefficient (Wildman–Crippen LogP) is 23.2. The molecule has 0 unspecified atom stereocenters. The molecule has 0 saturated heterocycles.